The van der Waals surface area contributed by atoms with E-state index in [-0.39, 0.29) is 12.0 Å². The molecule has 0 aliphatic carbocycles. The molecule has 2 aromatic heterocycles. The number of nitrogens with zero attached hydrogens (tertiary/aromatic N) is 6. The minimum atomic E-state index is -0.766. The summed E-state index contributed by atoms with van der Waals surface area (Å²) in [5.74, 6) is 2.72. The molecule has 2 aliphatic heterocycles. The van der Waals surface area contributed by atoms with Gasteiger partial charge in [-0.3, -0.25) is 9.78 Å². The second-order valence-corrected chi connectivity index (χ2v) is 9.46. The molecule has 0 unspecified atom stereocenters. The van der Waals surface area contributed by atoms with Gasteiger partial charge < -0.3 is 29.7 Å². The van der Waals surface area contributed by atoms with Gasteiger partial charge in [0, 0.05) is 25.8 Å². The van der Waals surface area contributed by atoms with E-state index in [4.69, 9.17) is 14.5 Å². The molecule has 2 aliphatic rings. The zero-order valence-corrected chi connectivity index (χ0v) is 21.5. The first kappa shape index (κ1) is 25.5. The van der Waals surface area contributed by atoms with Crippen LogP contribution in [-0.2, 0) is 4.79 Å². The van der Waals surface area contributed by atoms with Crippen LogP contribution in [0.2, 0.25) is 0 Å². The van der Waals surface area contributed by atoms with Crippen molar-refractivity contribution in [3.05, 3.63) is 48.9 Å². The Hall–Kier alpha value is -4.15. The number of aliphatic carboxylic acids is 1. The molecule has 1 aromatic carbocycles. The van der Waals surface area contributed by atoms with Crippen LogP contribution >= 0.6 is 0 Å². The molecule has 2 fully saturated rings. The standard InChI is InChI=1S/C27H33N7O4/c1-2-37-21-9-3-4-10-22(21)38-20-8-6-14-34(18-20)25-16-28-15-23(30-25)31-27-29-12-11-24(32-27)33-13-5-7-19(17-33)26(35)36/h3-4,9-12,15-16,19-20H,2,5-8,13-14,17-18H2,1H3,(H,35,36)(H,29,30,31,32)/t19-,20-/m1/s1. The van der Waals surface area contributed by atoms with Crippen molar-refractivity contribution in [3.8, 4) is 11.5 Å². The second-order valence-electron chi connectivity index (χ2n) is 9.46. The van der Waals surface area contributed by atoms with E-state index in [0.717, 1.165) is 49.7 Å². The van der Waals surface area contributed by atoms with Crippen molar-refractivity contribution >= 4 is 29.4 Å². The first-order valence-electron chi connectivity index (χ1n) is 13.1. The monoisotopic (exact) mass is 519 g/mol. The number of ether oxygens (including phenoxy) is 2. The fraction of sp³-hybridized carbons (Fsp3) is 0.444. The first-order chi connectivity index (χ1) is 18.6. The largest absolute Gasteiger partial charge is 0.490 e. The Morgan fingerprint density at radius 1 is 1.03 bits per heavy atom. The van der Waals surface area contributed by atoms with Gasteiger partial charge in [0.2, 0.25) is 5.95 Å². The average molecular weight is 520 g/mol. The molecular formula is C27H33N7O4. The van der Waals surface area contributed by atoms with E-state index in [2.05, 4.69) is 25.2 Å². The number of hydrogen-bond acceptors (Lipinski definition) is 10. The van der Waals surface area contributed by atoms with Gasteiger partial charge in [0.05, 0.1) is 31.5 Å². The molecule has 2 atom stereocenters. The highest BCUT2D eigenvalue weighted by Crippen LogP contribution is 2.30. The minimum absolute atomic E-state index is 0.00274. The Labute approximate surface area is 221 Å². The van der Waals surface area contributed by atoms with E-state index >= 15 is 0 Å². The lowest BCUT2D eigenvalue weighted by Crippen LogP contribution is -2.41. The third-order valence-electron chi connectivity index (χ3n) is 6.74. The zero-order chi connectivity index (χ0) is 26.3. The number of aromatic nitrogens is 4. The number of anilines is 4. The lowest BCUT2D eigenvalue weighted by Gasteiger charge is -2.33. The van der Waals surface area contributed by atoms with Gasteiger partial charge in [-0.2, -0.15) is 4.98 Å². The maximum Gasteiger partial charge on any atom is 0.308 e. The lowest BCUT2D eigenvalue weighted by atomic mass is 9.98. The fourth-order valence-electron chi connectivity index (χ4n) is 4.90. The van der Waals surface area contributed by atoms with E-state index < -0.39 is 5.97 Å². The van der Waals surface area contributed by atoms with Crippen LogP contribution in [0.5, 0.6) is 11.5 Å². The van der Waals surface area contributed by atoms with E-state index in [9.17, 15) is 9.90 Å². The Morgan fingerprint density at radius 2 is 1.82 bits per heavy atom. The summed E-state index contributed by atoms with van der Waals surface area (Å²) >= 11 is 0. The molecule has 38 heavy (non-hydrogen) atoms. The van der Waals surface area contributed by atoms with Crippen LogP contribution in [0.1, 0.15) is 32.6 Å². The normalized spacial score (nSPS) is 19.6. The summed E-state index contributed by atoms with van der Waals surface area (Å²) in [7, 11) is 0. The molecule has 3 aromatic rings. The summed E-state index contributed by atoms with van der Waals surface area (Å²) in [6, 6.07) is 9.56. The zero-order valence-electron chi connectivity index (χ0n) is 21.5. The van der Waals surface area contributed by atoms with Gasteiger partial charge >= 0.3 is 5.97 Å². The van der Waals surface area contributed by atoms with Crippen molar-refractivity contribution < 1.29 is 19.4 Å². The van der Waals surface area contributed by atoms with Crippen LogP contribution in [0, 0.1) is 5.92 Å². The van der Waals surface area contributed by atoms with Gasteiger partial charge in [-0.1, -0.05) is 12.1 Å². The van der Waals surface area contributed by atoms with Gasteiger partial charge in [0.15, 0.2) is 17.3 Å². The Balaban J connectivity index is 1.24. The number of benzene rings is 1. The molecule has 5 rings (SSSR count). The van der Waals surface area contributed by atoms with Gasteiger partial charge in [0.25, 0.3) is 0 Å². The van der Waals surface area contributed by atoms with E-state index in [0.29, 0.717) is 43.7 Å². The van der Waals surface area contributed by atoms with Gasteiger partial charge in [-0.05, 0) is 50.8 Å². The Bertz CT molecular complexity index is 1240. The highest BCUT2D eigenvalue weighted by atomic mass is 16.5. The van der Waals surface area contributed by atoms with Crippen LogP contribution in [0.3, 0.4) is 0 Å². The van der Waals surface area contributed by atoms with Crippen LogP contribution in [-0.4, -0.2) is 69.9 Å². The van der Waals surface area contributed by atoms with Gasteiger partial charge in [-0.25, -0.2) is 9.97 Å². The number of carbonyl (C=O) groups is 1. The molecule has 2 saturated heterocycles. The molecule has 0 bridgehead atoms. The number of para-hydroxylation sites is 2. The Morgan fingerprint density at radius 3 is 2.63 bits per heavy atom. The third-order valence-corrected chi connectivity index (χ3v) is 6.74. The summed E-state index contributed by atoms with van der Waals surface area (Å²) in [5.41, 5.74) is 0. The SMILES string of the molecule is CCOc1ccccc1O[C@@H]1CCCN(c2cncc(Nc3nccc(N4CCC[C@@H](C(=O)O)C4)n3)n2)C1. The maximum absolute atomic E-state index is 11.5. The number of carboxylic acid groups (broad SMARTS) is 1. The number of piperidine rings is 2. The number of carboxylic acids is 1. The summed E-state index contributed by atoms with van der Waals surface area (Å²) in [6.45, 7) is 5.29. The molecule has 2 N–H and O–H groups in total. The smallest absolute Gasteiger partial charge is 0.308 e. The summed E-state index contributed by atoms with van der Waals surface area (Å²) < 4.78 is 12.0. The maximum atomic E-state index is 11.5. The first-order valence-corrected chi connectivity index (χ1v) is 13.1. The molecule has 0 saturated carbocycles. The minimum Gasteiger partial charge on any atom is -0.490 e. The van der Waals surface area contributed by atoms with Gasteiger partial charge in [0.1, 0.15) is 17.7 Å². The van der Waals surface area contributed by atoms with Crippen molar-refractivity contribution in [2.45, 2.75) is 38.7 Å². The van der Waals surface area contributed by atoms with Crippen LogP contribution in [0.4, 0.5) is 23.4 Å². The molecular weight excluding hydrogens is 486 g/mol. The highest BCUT2D eigenvalue weighted by Gasteiger charge is 2.27. The molecule has 0 spiro atoms. The van der Waals surface area contributed by atoms with Crippen LogP contribution in [0.25, 0.3) is 0 Å². The van der Waals surface area contributed by atoms with Crippen molar-refractivity contribution in [2.24, 2.45) is 5.92 Å². The molecule has 11 heteroatoms. The van der Waals surface area contributed by atoms with Crippen LogP contribution < -0.4 is 24.6 Å². The number of nitrogens with one attached hydrogen (secondary N) is 1. The number of rotatable bonds is 9. The van der Waals surface area contributed by atoms with E-state index in [1.54, 1.807) is 24.7 Å². The predicted molar refractivity (Wildman–Crippen MR) is 143 cm³/mol. The fourth-order valence-corrected chi connectivity index (χ4v) is 4.90. The molecule has 0 amide bonds. The highest BCUT2D eigenvalue weighted by molar-refractivity contribution is 5.71. The molecule has 4 heterocycles. The van der Waals surface area contributed by atoms with E-state index in [1.165, 1.54) is 0 Å². The van der Waals surface area contributed by atoms with Crippen molar-refractivity contribution in [3.63, 3.8) is 0 Å². The van der Waals surface area contributed by atoms with Crippen molar-refractivity contribution in [1.82, 2.24) is 19.9 Å². The van der Waals surface area contributed by atoms with E-state index in [1.807, 2.05) is 36.1 Å². The topological polar surface area (TPSA) is 126 Å². The summed E-state index contributed by atoms with van der Waals surface area (Å²) in [5, 5.41) is 12.6. The van der Waals surface area contributed by atoms with Crippen molar-refractivity contribution in [1.29, 1.82) is 0 Å². The molecule has 200 valence electrons. The molecule has 11 nitrogen and oxygen atoms in total. The average Bonchev–Trinajstić information content (AvgIpc) is 2.95. The van der Waals surface area contributed by atoms with Crippen LogP contribution in [0.15, 0.2) is 48.9 Å². The summed E-state index contributed by atoms with van der Waals surface area (Å²) in [4.78, 5) is 33.7. The Kier molecular flexibility index (Phi) is 8.01. The number of hydrogen-bond donors (Lipinski definition) is 2. The molecule has 0 radical (unpaired) electrons. The predicted octanol–water partition coefficient (Wildman–Crippen LogP) is 3.76. The quantitative estimate of drug-likeness (QED) is 0.429. The second kappa shape index (κ2) is 11.9. The van der Waals surface area contributed by atoms with Crippen molar-refractivity contribution in [2.75, 3.05) is 47.9 Å². The third kappa shape index (κ3) is 6.21. The van der Waals surface area contributed by atoms with Gasteiger partial charge in [-0.15, -0.1) is 0 Å². The lowest BCUT2D eigenvalue weighted by molar-refractivity contribution is -0.141. The summed E-state index contributed by atoms with van der Waals surface area (Å²) in [6.07, 6.45) is 8.47.